The zero-order chi connectivity index (χ0) is 18.7. The SMILES string of the molecule is CC(=NCCc1ccc(F)cc1)c1c(C)[nH]n(-c2ccc(F)cc2)c1=O. The average Bonchev–Trinajstić information content (AvgIpc) is 2.92. The Kier molecular flexibility index (Phi) is 5.11. The van der Waals surface area contributed by atoms with Gasteiger partial charge in [0.15, 0.2) is 0 Å². The lowest BCUT2D eigenvalue weighted by atomic mass is 10.1. The van der Waals surface area contributed by atoms with Crippen LogP contribution in [0.5, 0.6) is 0 Å². The van der Waals surface area contributed by atoms with Gasteiger partial charge in [-0.15, -0.1) is 0 Å². The summed E-state index contributed by atoms with van der Waals surface area (Å²) in [6.45, 7) is 4.09. The van der Waals surface area contributed by atoms with E-state index < -0.39 is 0 Å². The summed E-state index contributed by atoms with van der Waals surface area (Å²) >= 11 is 0. The molecular weight excluding hydrogens is 336 g/mol. The Morgan fingerprint density at radius 2 is 1.62 bits per heavy atom. The highest BCUT2D eigenvalue weighted by atomic mass is 19.1. The summed E-state index contributed by atoms with van der Waals surface area (Å²) in [7, 11) is 0. The van der Waals surface area contributed by atoms with Gasteiger partial charge in [0.25, 0.3) is 5.56 Å². The fraction of sp³-hybridized carbons (Fsp3) is 0.200. The van der Waals surface area contributed by atoms with Gasteiger partial charge in [-0.2, -0.15) is 0 Å². The highest BCUT2D eigenvalue weighted by Crippen LogP contribution is 2.10. The second-order valence-corrected chi connectivity index (χ2v) is 6.07. The quantitative estimate of drug-likeness (QED) is 0.695. The average molecular weight is 355 g/mol. The van der Waals surface area contributed by atoms with Crippen LogP contribution in [0.4, 0.5) is 8.78 Å². The molecule has 0 fully saturated rings. The molecule has 0 atom stereocenters. The minimum atomic E-state index is -0.358. The van der Waals surface area contributed by atoms with Crippen LogP contribution in [0.2, 0.25) is 0 Å². The minimum absolute atomic E-state index is 0.225. The molecule has 3 rings (SSSR count). The van der Waals surface area contributed by atoms with Crippen molar-refractivity contribution >= 4 is 5.71 Å². The van der Waals surface area contributed by atoms with E-state index in [9.17, 15) is 13.6 Å². The lowest BCUT2D eigenvalue weighted by molar-refractivity contribution is 0.626. The van der Waals surface area contributed by atoms with Crippen LogP contribution < -0.4 is 5.56 Å². The Hall–Kier alpha value is -3.02. The Morgan fingerprint density at radius 3 is 2.23 bits per heavy atom. The van der Waals surface area contributed by atoms with Gasteiger partial charge in [-0.1, -0.05) is 12.1 Å². The molecule has 1 heterocycles. The monoisotopic (exact) mass is 355 g/mol. The van der Waals surface area contributed by atoms with Crippen molar-refractivity contribution in [2.45, 2.75) is 20.3 Å². The molecule has 3 aromatic rings. The number of benzene rings is 2. The van der Waals surface area contributed by atoms with Gasteiger partial charge in [0.2, 0.25) is 0 Å². The van der Waals surface area contributed by atoms with E-state index >= 15 is 0 Å². The van der Waals surface area contributed by atoms with Crippen molar-refractivity contribution in [3.05, 3.63) is 87.3 Å². The number of aryl methyl sites for hydroxylation is 1. The maximum absolute atomic E-state index is 13.1. The third-order valence-corrected chi connectivity index (χ3v) is 4.18. The van der Waals surface area contributed by atoms with Gasteiger partial charge in [-0.3, -0.25) is 14.9 Å². The summed E-state index contributed by atoms with van der Waals surface area (Å²) in [5.41, 5.74) is 3.15. The number of aromatic nitrogens is 2. The fourth-order valence-electron chi connectivity index (χ4n) is 2.83. The third kappa shape index (κ3) is 3.79. The summed E-state index contributed by atoms with van der Waals surface area (Å²) < 4.78 is 27.4. The molecule has 0 radical (unpaired) electrons. The molecule has 1 N–H and O–H groups in total. The maximum atomic E-state index is 13.1. The summed E-state index contributed by atoms with van der Waals surface area (Å²) in [6.07, 6.45) is 0.660. The molecule has 26 heavy (non-hydrogen) atoms. The Balaban J connectivity index is 1.80. The van der Waals surface area contributed by atoms with Crippen molar-refractivity contribution < 1.29 is 8.78 Å². The standard InChI is InChI=1S/C20H19F2N3O/c1-13(23-12-11-15-3-5-16(21)6-4-15)19-14(2)24-25(20(19)26)18-9-7-17(22)8-10-18/h3-10,24H,11-12H2,1-2H3. The first-order valence-corrected chi connectivity index (χ1v) is 8.29. The van der Waals surface area contributed by atoms with Gasteiger partial charge in [0, 0.05) is 18.0 Å². The zero-order valence-corrected chi connectivity index (χ0v) is 14.6. The number of nitrogens with one attached hydrogen (secondary N) is 1. The van der Waals surface area contributed by atoms with E-state index in [-0.39, 0.29) is 17.2 Å². The lowest BCUT2D eigenvalue weighted by Crippen LogP contribution is -2.20. The van der Waals surface area contributed by atoms with Gasteiger partial charge in [-0.05, 0) is 62.2 Å². The number of aliphatic imine (C=N–C) groups is 1. The Labute approximate surface area is 149 Å². The number of nitrogens with zero attached hydrogens (tertiary/aromatic N) is 2. The summed E-state index contributed by atoms with van der Waals surface area (Å²) in [4.78, 5) is 17.2. The molecule has 2 aromatic carbocycles. The number of rotatable bonds is 5. The Morgan fingerprint density at radius 1 is 1.04 bits per heavy atom. The predicted molar refractivity (Wildman–Crippen MR) is 98.3 cm³/mol. The van der Waals surface area contributed by atoms with E-state index in [0.29, 0.717) is 35.6 Å². The fourth-order valence-corrected chi connectivity index (χ4v) is 2.83. The Bertz CT molecular complexity index is 983. The van der Waals surface area contributed by atoms with Crippen molar-refractivity contribution in [3.63, 3.8) is 0 Å². The van der Waals surface area contributed by atoms with Gasteiger partial charge >= 0.3 is 0 Å². The van der Waals surface area contributed by atoms with Crippen molar-refractivity contribution in [3.8, 4) is 5.69 Å². The van der Waals surface area contributed by atoms with E-state index in [1.54, 1.807) is 26.0 Å². The number of hydrogen-bond acceptors (Lipinski definition) is 2. The molecule has 1 aromatic heterocycles. The minimum Gasteiger partial charge on any atom is -0.295 e. The molecule has 0 aliphatic heterocycles. The molecule has 134 valence electrons. The lowest BCUT2D eigenvalue weighted by Gasteiger charge is -2.01. The molecule has 0 amide bonds. The maximum Gasteiger partial charge on any atom is 0.280 e. The molecule has 0 spiro atoms. The molecule has 4 nitrogen and oxygen atoms in total. The smallest absolute Gasteiger partial charge is 0.280 e. The molecule has 0 saturated carbocycles. The molecule has 0 aliphatic carbocycles. The highest BCUT2D eigenvalue weighted by molar-refractivity contribution is 5.99. The largest absolute Gasteiger partial charge is 0.295 e. The highest BCUT2D eigenvalue weighted by Gasteiger charge is 2.14. The number of halogens is 2. The number of hydrogen-bond donors (Lipinski definition) is 1. The summed E-state index contributed by atoms with van der Waals surface area (Å²) in [5, 5.41) is 3.00. The van der Waals surface area contributed by atoms with E-state index in [1.165, 1.54) is 41.1 Å². The van der Waals surface area contributed by atoms with Crippen LogP contribution in [0.25, 0.3) is 5.69 Å². The zero-order valence-electron chi connectivity index (χ0n) is 14.6. The second-order valence-electron chi connectivity index (χ2n) is 6.07. The van der Waals surface area contributed by atoms with Crippen LogP contribution in [0.3, 0.4) is 0 Å². The first kappa shape index (κ1) is 17.8. The van der Waals surface area contributed by atoms with Crippen LogP contribution >= 0.6 is 0 Å². The first-order valence-electron chi connectivity index (χ1n) is 8.29. The van der Waals surface area contributed by atoms with Gasteiger partial charge in [-0.25, -0.2) is 13.5 Å². The van der Waals surface area contributed by atoms with Crippen LogP contribution in [-0.4, -0.2) is 22.0 Å². The molecule has 6 heteroatoms. The normalized spacial score (nSPS) is 11.8. The number of H-pyrrole nitrogens is 1. The van der Waals surface area contributed by atoms with Crippen LogP contribution in [-0.2, 0) is 6.42 Å². The van der Waals surface area contributed by atoms with Crippen LogP contribution in [0.1, 0.15) is 23.7 Å². The molecular formula is C20H19F2N3O. The molecule has 0 saturated heterocycles. The van der Waals surface area contributed by atoms with Crippen LogP contribution in [0, 0.1) is 18.6 Å². The van der Waals surface area contributed by atoms with Crippen molar-refractivity contribution in [2.24, 2.45) is 4.99 Å². The third-order valence-electron chi connectivity index (χ3n) is 4.18. The topological polar surface area (TPSA) is 50.1 Å². The van der Waals surface area contributed by atoms with Crippen molar-refractivity contribution in [1.82, 2.24) is 9.78 Å². The number of aromatic amines is 1. The van der Waals surface area contributed by atoms with E-state index in [1.807, 2.05) is 0 Å². The predicted octanol–water partition coefficient (Wildman–Crippen LogP) is 3.80. The van der Waals surface area contributed by atoms with Crippen molar-refractivity contribution in [2.75, 3.05) is 6.54 Å². The molecule has 0 bridgehead atoms. The van der Waals surface area contributed by atoms with Gasteiger partial charge in [0.05, 0.1) is 11.3 Å². The first-order chi connectivity index (χ1) is 12.5. The second kappa shape index (κ2) is 7.47. The molecule has 0 aliphatic rings. The van der Waals surface area contributed by atoms with Crippen LogP contribution in [0.15, 0.2) is 58.3 Å². The summed E-state index contributed by atoms with van der Waals surface area (Å²) in [6, 6.07) is 12.0. The van der Waals surface area contributed by atoms with Gasteiger partial charge < -0.3 is 0 Å². The van der Waals surface area contributed by atoms with E-state index in [2.05, 4.69) is 10.1 Å². The van der Waals surface area contributed by atoms with Gasteiger partial charge in [0.1, 0.15) is 11.6 Å². The van der Waals surface area contributed by atoms with E-state index in [0.717, 1.165) is 5.56 Å². The summed E-state index contributed by atoms with van der Waals surface area (Å²) in [5.74, 6) is -0.624. The van der Waals surface area contributed by atoms with Crippen molar-refractivity contribution in [1.29, 1.82) is 0 Å². The van der Waals surface area contributed by atoms with E-state index in [4.69, 9.17) is 0 Å². The molecule has 0 unspecified atom stereocenters.